The summed E-state index contributed by atoms with van der Waals surface area (Å²) in [6.07, 6.45) is -0.896. The van der Waals surface area contributed by atoms with Crippen molar-refractivity contribution >= 4 is 89.1 Å². The largest absolute Gasteiger partial charge is 0.508 e. The second kappa shape index (κ2) is 57.0. The Morgan fingerprint density at radius 3 is 0.913 bits per heavy atom. The van der Waals surface area contributed by atoms with Crippen molar-refractivity contribution in [1.29, 1.82) is 0 Å². The molecule has 7 unspecified atom stereocenters. The smallest absolute Gasteiger partial charge is 0.407 e. The average Bonchev–Trinajstić information content (AvgIpc) is 0.883. The van der Waals surface area contributed by atoms with Gasteiger partial charge in [-0.1, -0.05) is 185 Å². The van der Waals surface area contributed by atoms with Gasteiger partial charge in [-0.2, -0.15) is 0 Å². The lowest BCUT2D eigenvalue weighted by Gasteiger charge is -2.13. The first-order valence-electron chi connectivity index (χ1n) is 35.5. The van der Waals surface area contributed by atoms with Crippen LogP contribution >= 0.6 is 46.4 Å². The summed E-state index contributed by atoms with van der Waals surface area (Å²) in [6.45, 7) is 5.37. The van der Waals surface area contributed by atoms with Crippen molar-refractivity contribution in [2.24, 2.45) is 68.8 Å². The zero-order valence-electron chi connectivity index (χ0n) is 64.0. The molecule has 8 aromatic rings. The summed E-state index contributed by atoms with van der Waals surface area (Å²) in [5.74, 6) is -0.188. The molecule has 31 nitrogen and oxygen atoms in total. The van der Waals surface area contributed by atoms with Crippen LogP contribution in [0.4, 0.5) is 33.6 Å². The van der Waals surface area contributed by atoms with E-state index in [1.54, 1.807) is 54.6 Å². The van der Waals surface area contributed by atoms with Gasteiger partial charge < -0.3 is 128 Å². The van der Waals surface area contributed by atoms with Gasteiger partial charge in [-0.25, -0.2) is 33.6 Å². The highest BCUT2D eigenvalue weighted by atomic mass is 35.5. The lowest BCUT2D eigenvalue weighted by atomic mass is 10.1. The summed E-state index contributed by atoms with van der Waals surface area (Å²) in [7, 11) is 1.52. The Morgan fingerprint density at radius 2 is 0.600 bits per heavy atom. The van der Waals surface area contributed by atoms with E-state index in [4.69, 9.17) is 135 Å². The molecule has 7 atom stereocenters. The second-order valence-corrected chi connectivity index (χ2v) is 27.3. The first-order valence-corrected chi connectivity index (χ1v) is 37.0. The second-order valence-electron chi connectivity index (χ2n) is 25.6. The fourth-order valence-electron chi connectivity index (χ4n) is 9.42. The summed E-state index contributed by atoms with van der Waals surface area (Å²) in [4.78, 5) is 74.1. The Labute approximate surface area is 688 Å². The number of nitrogens with two attached hydrogens (primary N) is 12. The minimum Gasteiger partial charge on any atom is -0.508 e. The van der Waals surface area contributed by atoms with Crippen LogP contribution in [0.5, 0.6) is 17.2 Å². The summed E-state index contributed by atoms with van der Waals surface area (Å²) in [5.41, 5.74) is 74.9. The molecule has 29 N–H and O–H groups in total. The topological polar surface area (TPSA) is 581 Å². The Kier molecular flexibility index (Phi) is 49.6. The fraction of sp³-hybridized carbons (Fsp3) is 0.312. The molecule has 0 aromatic heterocycles. The van der Waals surface area contributed by atoms with E-state index in [9.17, 15) is 38.7 Å². The van der Waals surface area contributed by atoms with Crippen molar-refractivity contribution in [3.63, 3.8) is 0 Å². The molecule has 0 aliphatic heterocycles. The van der Waals surface area contributed by atoms with Crippen LogP contribution in [0.25, 0.3) is 0 Å². The van der Waals surface area contributed by atoms with Gasteiger partial charge in [0.05, 0.1) is 10.0 Å². The van der Waals surface area contributed by atoms with Crippen molar-refractivity contribution in [2.75, 3.05) is 53.3 Å². The summed E-state index contributed by atoms with van der Waals surface area (Å²) in [5, 5.41) is 34.8. The van der Waals surface area contributed by atoms with E-state index >= 15 is 0 Å². The van der Waals surface area contributed by atoms with E-state index in [0.717, 1.165) is 44.5 Å². The first kappa shape index (κ1) is 100. The number of nitrogens with one attached hydrogen (secondary N) is 2. The van der Waals surface area contributed by atoms with E-state index < -0.39 is 48.7 Å². The molecule has 0 fully saturated rings. The molecule has 8 rings (SSSR count). The predicted octanol–water partition coefficient (Wildman–Crippen LogP) is 9.00. The predicted molar refractivity (Wildman–Crippen MR) is 444 cm³/mol. The SMILES string of the molecule is CNC(=O)OCC(N)Cc1ccc(C)cc1.Cc1ccc(CC(N)COC(N)=O)cc1.NC(=O)OCC(N)Cc1ccc(Cl)c(Cl)c1.NC(=O)OCC(N)Cc1ccc(Cl)cc1.NC(=O)OCC(N)Cc1ccc(O)c(O)c1.NC(=O)OCC(N)Cc1ccc(O)cc1.NC(COC(=O)NCc1ccccc1)Cc1ccc(Cl)cc1. The normalized spacial score (nSPS) is 12.0. The maximum Gasteiger partial charge on any atom is 0.407 e. The molecular formula is C80H106Cl4N14O17. The van der Waals surface area contributed by atoms with Crippen LogP contribution in [0.3, 0.4) is 0 Å². The van der Waals surface area contributed by atoms with Gasteiger partial charge in [0.25, 0.3) is 0 Å². The number of aryl methyl sites for hydroxylation is 2. The molecule has 0 bridgehead atoms. The summed E-state index contributed by atoms with van der Waals surface area (Å²) < 4.78 is 32.9. The number of benzene rings is 8. The molecule has 115 heavy (non-hydrogen) atoms. The summed E-state index contributed by atoms with van der Waals surface area (Å²) in [6, 6.07) is 55.1. The van der Waals surface area contributed by atoms with E-state index in [0.29, 0.717) is 71.6 Å². The van der Waals surface area contributed by atoms with Gasteiger partial charge in [0.15, 0.2) is 11.5 Å². The number of primary amides is 5. The Hall–Kier alpha value is -11.1. The van der Waals surface area contributed by atoms with Gasteiger partial charge in [-0.3, -0.25) is 0 Å². The van der Waals surface area contributed by atoms with Gasteiger partial charge in [-0.15, -0.1) is 0 Å². The van der Waals surface area contributed by atoms with E-state index in [1.807, 2.05) is 135 Å². The van der Waals surface area contributed by atoms with Crippen LogP contribution in [-0.4, -0.2) is 154 Å². The average molecular weight is 1680 g/mol. The minimum atomic E-state index is -0.871. The standard InChI is InChI=1S/C17H19ClN2O2.C12H18N2O2.C11H16N2O2.C10H12Cl2N2O2.C10H13ClN2O2.C10H14N2O4.C10H14N2O3/c18-15-8-6-13(7-9-15)10-16(19)12-22-17(21)20-11-14-4-2-1-3-5-14;1-9-3-5-10(6-4-9)7-11(13)8-16-12(15)14-2;1-8-2-4-9(5-3-8)6-10(12)7-15-11(13)14;11-8-2-1-6(4-9(8)12)3-7(13)5-16-10(14)15;11-8-3-1-7(2-4-8)5-9(12)6-15-10(13)14;11-7(5-16-10(12)15)3-6-1-2-8(13)9(14)4-6;11-8(6-15-10(12)14)5-7-1-3-9(13)4-2-7/h1-9,16H,10-12,19H2,(H,20,21);3-6,11H,7-8,13H2,1-2H3,(H,14,15);2-5,10H,6-7,12H2,1H3,(H2,13,14);1-2,4,7H,3,5,13H2,(H2,14,15);1-4,9H,5-6,12H2,(H2,13,14);1-2,4,7,13-14H,3,5,11H2,(H2,12,15);1-4,8,13H,5-6,11H2,(H2,12,14). The molecule has 7 amide bonds. The van der Waals surface area contributed by atoms with Crippen molar-refractivity contribution < 1.29 is 82.0 Å². The number of hydrogen-bond donors (Lipinski definition) is 17. The molecule has 35 heteroatoms. The van der Waals surface area contributed by atoms with E-state index in [1.165, 1.54) is 30.3 Å². The monoisotopic (exact) mass is 1670 g/mol. The number of amides is 7. The van der Waals surface area contributed by atoms with Gasteiger partial charge in [-0.05, 0) is 164 Å². The number of carbonyl (C=O) groups is 7. The van der Waals surface area contributed by atoms with Crippen molar-refractivity contribution in [2.45, 2.75) is 108 Å². The molecule has 0 heterocycles. The molecule has 8 aromatic carbocycles. The maximum atomic E-state index is 11.6. The quantitative estimate of drug-likeness (QED) is 0.0147. The first-order chi connectivity index (χ1) is 54.4. The van der Waals surface area contributed by atoms with Crippen LogP contribution < -0.4 is 79.4 Å². The van der Waals surface area contributed by atoms with Crippen LogP contribution in [-0.2, 0) is 84.6 Å². The number of phenolic OH excluding ortho intramolecular Hbond substituents is 3. The zero-order valence-corrected chi connectivity index (χ0v) is 67.1. The van der Waals surface area contributed by atoms with E-state index in [-0.39, 0.29) is 99.7 Å². The highest BCUT2D eigenvalue weighted by molar-refractivity contribution is 6.42. The number of ether oxygens (including phenoxy) is 7. The number of hydrogen-bond acceptors (Lipinski definition) is 24. The Morgan fingerprint density at radius 1 is 0.322 bits per heavy atom. The van der Waals surface area contributed by atoms with Crippen LogP contribution in [0.15, 0.2) is 188 Å². The van der Waals surface area contributed by atoms with Crippen molar-refractivity contribution in [3.8, 4) is 17.2 Å². The maximum absolute atomic E-state index is 11.6. The number of alkyl carbamates (subject to hydrolysis) is 2. The van der Waals surface area contributed by atoms with Crippen molar-refractivity contribution in [1.82, 2.24) is 10.6 Å². The molecular weight excluding hydrogens is 1570 g/mol. The zero-order chi connectivity index (χ0) is 85.8. The third-order valence-corrected chi connectivity index (χ3v) is 16.3. The number of aromatic hydroxyl groups is 3. The third kappa shape index (κ3) is 51.3. The van der Waals surface area contributed by atoms with Crippen LogP contribution in [0.1, 0.15) is 55.6 Å². The molecule has 626 valence electrons. The lowest BCUT2D eigenvalue weighted by molar-refractivity contribution is 0.138. The number of phenols is 3. The van der Waals surface area contributed by atoms with E-state index in [2.05, 4.69) is 34.3 Å². The Bertz CT molecular complexity index is 3900. The number of carbonyl (C=O) groups excluding carboxylic acids is 7. The number of rotatable bonds is 30. The lowest BCUT2D eigenvalue weighted by Crippen LogP contribution is -2.33. The third-order valence-electron chi connectivity index (χ3n) is 15.1. The molecule has 0 radical (unpaired) electrons. The minimum absolute atomic E-state index is 0.0109. The van der Waals surface area contributed by atoms with Crippen LogP contribution in [0, 0.1) is 13.8 Å². The highest BCUT2D eigenvalue weighted by Gasteiger charge is 2.15. The number of halogens is 4. The molecule has 0 spiro atoms. The fourth-order valence-corrected chi connectivity index (χ4v) is 9.99. The van der Waals surface area contributed by atoms with Gasteiger partial charge >= 0.3 is 42.7 Å². The van der Waals surface area contributed by atoms with Gasteiger partial charge in [0, 0.05) is 65.9 Å². The van der Waals surface area contributed by atoms with Gasteiger partial charge in [0.2, 0.25) is 0 Å². The highest BCUT2D eigenvalue weighted by Crippen LogP contribution is 2.26. The molecule has 0 aliphatic rings. The Balaban J connectivity index is 0.000000457. The molecule has 0 saturated heterocycles. The molecule has 0 aliphatic carbocycles. The van der Waals surface area contributed by atoms with Crippen molar-refractivity contribution in [3.05, 3.63) is 264 Å². The molecule has 0 saturated carbocycles. The summed E-state index contributed by atoms with van der Waals surface area (Å²) >= 11 is 23.2. The van der Waals surface area contributed by atoms with Gasteiger partial charge in [0.1, 0.15) is 52.0 Å². The van der Waals surface area contributed by atoms with Crippen LogP contribution in [0.2, 0.25) is 20.1 Å².